The zero-order chi connectivity index (χ0) is 13.4. The second-order valence-corrected chi connectivity index (χ2v) is 4.11. The van der Waals surface area contributed by atoms with Crippen LogP contribution in [0.4, 0.5) is 5.69 Å². The highest BCUT2D eigenvalue weighted by molar-refractivity contribution is 5.93. The van der Waals surface area contributed by atoms with Gasteiger partial charge >= 0.3 is 0 Å². The number of carbonyl (C=O) groups excluding carboxylic acids is 1. The van der Waals surface area contributed by atoms with E-state index in [4.69, 9.17) is 5.11 Å². The molecule has 0 aliphatic heterocycles. The van der Waals surface area contributed by atoms with Gasteiger partial charge in [0.2, 0.25) is 5.91 Å². The quantitative estimate of drug-likeness (QED) is 0.640. The van der Waals surface area contributed by atoms with E-state index in [-0.39, 0.29) is 19.1 Å². The lowest BCUT2D eigenvalue weighted by Gasteiger charge is -2.14. The summed E-state index contributed by atoms with van der Waals surface area (Å²) in [4.78, 5) is 11.8. The molecule has 0 aliphatic carbocycles. The van der Waals surface area contributed by atoms with Gasteiger partial charge in [-0.05, 0) is 24.0 Å². The molecule has 0 unspecified atom stereocenters. The molecule has 1 rings (SSSR count). The number of para-hydroxylation sites is 1. The van der Waals surface area contributed by atoms with E-state index in [0.717, 1.165) is 29.7 Å². The lowest BCUT2D eigenvalue weighted by atomic mass is 10.0. The Morgan fingerprint density at radius 3 is 2.33 bits per heavy atom. The summed E-state index contributed by atoms with van der Waals surface area (Å²) in [6.45, 7) is 4.85. The summed E-state index contributed by atoms with van der Waals surface area (Å²) in [6, 6.07) is 6.10. The van der Waals surface area contributed by atoms with Gasteiger partial charge in [0.25, 0.3) is 0 Å². The number of rotatable bonds is 7. The molecule has 0 aromatic heterocycles. The number of benzene rings is 1. The van der Waals surface area contributed by atoms with Crippen LogP contribution in [-0.2, 0) is 17.6 Å². The van der Waals surface area contributed by atoms with Crippen molar-refractivity contribution in [1.82, 2.24) is 5.32 Å². The van der Waals surface area contributed by atoms with Crippen LogP contribution in [0.2, 0.25) is 0 Å². The molecular formula is C14H22N2O2. The summed E-state index contributed by atoms with van der Waals surface area (Å²) in [5.41, 5.74) is 3.26. The maximum atomic E-state index is 11.8. The molecule has 0 saturated heterocycles. The van der Waals surface area contributed by atoms with E-state index < -0.39 is 0 Å². The first kappa shape index (κ1) is 14.7. The lowest BCUT2D eigenvalue weighted by Crippen LogP contribution is -2.30. The zero-order valence-corrected chi connectivity index (χ0v) is 11.1. The van der Waals surface area contributed by atoms with Gasteiger partial charge in [-0.15, -0.1) is 0 Å². The molecule has 3 N–H and O–H groups in total. The molecule has 0 bridgehead atoms. The average Bonchev–Trinajstić information content (AvgIpc) is 2.39. The molecule has 0 saturated carbocycles. The normalized spacial score (nSPS) is 10.4. The molecule has 0 spiro atoms. The number of amides is 1. The van der Waals surface area contributed by atoms with Gasteiger partial charge in [0.05, 0.1) is 13.2 Å². The predicted molar refractivity (Wildman–Crippen MR) is 73.8 cm³/mol. The third-order valence-electron chi connectivity index (χ3n) is 2.84. The molecule has 0 aliphatic rings. The first-order valence-electron chi connectivity index (χ1n) is 6.45. The van der Waals surface area contributed by atoms with Crippen LogP contribution >= 0.6 is 0 Å². The smallest absolute Gasteiger partial charge is 0.238 e. The van der Waals surface area contributed by atoms with Gasteiger partial charge in [-0.3, -0.25) is 4.79 Å². The van der Waals surface area contributed by atoms with E-state index in [1.165, 1.54) is 0 Å². The summed E-state index contributed by atoms with van der Waals surface area (Å²) in [6.07, 6.45) is 1.79. The molecule has 0 atom stereocenters. The standard InChI is InChI=1S/C14H22N2O2/c1-3-11-6-5-7-12(4-2)14(11)16-13(18)10-15-8-9-17/h5-7,15,17H,3-4,8-10H2,1-2H3,(H,16,18). The molecule has 1 aromatic carbocycles. The monoisotopic (exact) mass is 250 g/mol. The number of hydrogen-bond acceptors (Lipinski definition) is 3. The van der Waals surface area contributed by atoms with Crippen molar-refractivity contribution in [3.8, 4) is 0 Å². The third kappa shape index (κ3) is 4.13. The molecular weight excluding hydrogens is 228 g/mol. The van der Waals surface area contributed by atoms with Gasteiger partial charge in [-0.2, -0.15) is 0 Å². The molecule has 0 fully saturated rings. The molecule has 18 heavy (non-hydrogen) atoms. The average molecular weight is 250 g/mol. The topological polar surface area (TPSA) is 61.4 Å². The van der Waals surface area contributed by atoms with Crippen molar-refractivity contribution in [2.45, 2.75) is 26.7 Å². The van der Waals surface area contributed by atoms with Gasteiger partial charge < -0.3 is 15.7 Å². The van der Waals surface area contributed by atoms with Crippen LogP contribution < -0.4 is 10.6 Å². The number of carbonyl (C=O) groups is 1. The van der Waals surface area contributed by atoms with Gasteiger partial charge in [0.1, 0.15) is 0 Å². The first-order chi connectivity index (χ1) is 8.72. The van der Waals surface area contributed by atoms with Crippen molar-refractivity contribution in [2.24, 2.45) is 0 Å². The van der Waals surface area contributed by atoms with Crippen molar-refractivity contribution < 1.29 is 9.90 Å². The van der Waals surface area contributed by atoms with Crippen LogP contribution in [0.3, 0.4) is 0 Å². The SMILES string of the molecule is CCc1cccc(CC)c1NC(=O)CNCCO. The highest BCUT2D eigenvalue weighted by Gasteiger charge is 2.09. The zero-order valence-electron chi connectivity index (χ0n) is 11.1. The number of nitrogens with one attached hydrogen (secondary N) is 2. The van der Waals surface area contributed by atoms with Crippen molar-refractivity contribution in [2.75, 3.05) is 25.0 Å². The van der Waals surface area contributed by atoms with Crippen LogP contribution in [0.15, 0.2) is 18.2 Å². The van der Waals surface area contributed by atoms with Gasteiger partial charge in [-0.1, -0.05) is 32.0 Å². The van der Waals surface area contributed by atoms with Crippen molar-refractivity contribution >= 4 is 11.6 Å². The minimum absolute atomic E-state index is 0.0407. The van der Waals surface area contributed by atoms with E-state index in [1.54, 1.807) is 0 Å². The van der Waals surface area contributed by atoms with Crippen LogP contribution in [0.1, 0.15) is 25.0 Å². The molecule has 1 aromatic rings. The number of aliphatic hydroxyl groups excluding tert-OH is 1. The van der Waals surface area contributed by atoms with Crippen molar-refractivity contribution in [1.29, 1.82) is 0 Å². The molecule has 1 amide bonds. The molecule has 0 heterocycles. The Balaban J connectivity index is 2.72. The second-order valence-electron chi connectivity index (χ2n) is 4.11. The molecule has 100 valence electrons. The Hall–Kier alpha value is -1.39. The summed E-state index contributed by atoms with van der Waals surface area (Å²) >= 11 is 0. The molecule has 0 radical (unpaired) electrons. The minimum atomic E-state index is -0.0703. The number of hydrogen-bond donors (Lipinski definition) is 3. The first-order valence-corrected chi connectivity index (χ1v) is 6.45. The fraction of sp³-hybridized carbons (Fsp3) is 0.500. The van der Waals surface area contributed by atoms with Crippen LogP contribution in [0, 0.1) is 0 Å². The Bertz CT molecular complexity index is 369. The van der Waals surface area contributed by atoms with E-state index in [1.807, 2.05) is 18.2 Å². The number of aryl methyl sites for hydroxylation is 2. The van der Waals surface area contributed by atoms with Gasteiger partial charge in [0.15, 0.2) is 0 Å². The van der Waals surface area contributed by atoms with E-state index in [9.17, 15) is 4.79 Å². The summed E-state index contributed by atoms with van der Waals surface area (Å²) < 4.78 is 0. The van der Waals surface area contributed by atoms with Crippen molar-refractivity contribution in [3.05, 3.63) is 29.3 Å². The molecule has 4 heteroatoms. The van der Waals surface area contributed by atoms with Gasteiger partial charge in [-0.25, -0.2) is 0 Å². The van der Waals surface area contributed by atoms with E-state index in [2.05, 4.69) is 24.5 Å². The van der Waals surface area contributed by atoms with Crippen LogP contribution in [0.5, 0.6) is 0 Å². The highest BCUT2D eigenvalue weighted by atomic mass is 16.3. The van der Waals surface area contributed by atoms with Crippen molar-refractivity contribution in [3.63, 3.8) is 0 Å². The summed E-state index contributed by atoms with van der Waals surface area (Å²) in [5.74, 6) is -0.0703. The maximum absolute atomic E-state index is 11.8. The van der Waals surface area contributed by atoms with Crippen LogP contribution in [-0.4, -0.2) is 30.7 Å². The lowest BCUT2D eigenvalue weighted by molar-refractivity contribution is -0.115. The third-order valence-corrected chi connectivity index (χ3v) is 2.84. The van der Waals surface area contributed by atoms with Crippen LogP contribution in [0.25, 0.3) is 0 Å². The van der Waals surface area contributed by atoms with Gasteiger partial charge in [0, 0.05) is 12.2 Å². The van der Waals surface area contributed by atoms with E-state index in [0.29, 0.717) is 6.54 Å². The maximum Gasteiger partial charge on any atom is 0.238 e. The predicted octanol–water partition coefficient (Wildman–Crippen LogP) is 1.33. The molecule has 4 nitrogen and oxygen atoms in total. The summed E-state index contributed by atoms with van der Waals surface area (Å²) in [7, 11) is 0. The highest BCUT2D eigenvalue weighted by Crippen LogP contribution is 2.22. The number of anilines is 1. The summed E-state index contributed by atoms with van der Waals surface area (Å²) in [5, 5.41) is 14.5. The minimum Gasteiger partial charge on any atom is -0.395 e. The fourth-order valence-corrected chi connectivity index (χ4v) is 1.87. The number of aliphatic hydroxyl groups is 1. The second kappa shape index (κ2) is 7.84. The Morgan fingerprint density at radius 2 is 1.83 bits per heavy atom. The fourth-order valence-electron chi connectivity index (χ4n) is 1.87. The van der Waals surface area contributed by atoms with E-state index >= 15 is 0 Å². The Labute approximate surface area is 108 Å². The Morgan fingerprint density at radius 1 is 1.22 bits per heavy atom. The Kier molecular flexibility index (Phi) is 6.39. The largest absolute Gasteiger partial charge is 0.395 e.